The molecule has 0 bridgehead atoms. The van der Waals surface area contributed by atoms with Gasteiger partial charge in [-0.05, 0) is 38.1 Å². The molecule has 1 saturated heterocycles. The van der Waals surface area contributed by atoms with E-state index in [4.69, 9.17) is 16.3 Å². The third kappa shape index (κ3) is 4.68. The van der Waals surface area contributed by atoms with Crippen molar-refractivity contribution < 1.29 is 19.0 Å². The summed E-state index contributed by atoms with van der Waals surface area (Å²) in [4.78, 5) is 21.2. The number of carbonyl (C=O) groups is 1. The second-order valence-corrected chi connectivity index (χ2v) is 6.63. The van der Waals surface area contributed by atoms with E-state index < -0.39 is 11.8 Å². The van der Waals surface area contributed by atoms with Gasteiger partial charge in [-0.2, -0.15) is 0 Å². The molecule has 1 aromatic heterocycles. The summed E-state index contributed by atoms with van der Waals surface area (Å²) in [6.45, 7) is 1.24. The number of carboxylic acids is 1. The van der Waals surface area contributed by atoms with Gasteiger partial charge in [0.2, 0.25) is 5.88 Å². The topological polar surface area (TPSA) is 78.4 Å². The Morgan fingerprint density at radius 3 is 2.73 bits per heavy atom. The maximum Gasteiger partial charge on any atom is 0.236 e. The number of hydrogen-bond donors (Lipinski definition) is 0. The molecular weight excluding hydrogens is 361 g/mol. The molecular formula is C18H18ClFN3O3-. The van der Waals surface area contributed by atoms with Gasteiger partial charge in [0.15, 0.2) is 0 Å². The van der Waals surface area contributed by atoms with E-state index in [9.17, 15) is 14.3 Å². The lowest BCUT2D eigenvalue weighted by molar-refractivity contribution is -0.306. The normalized spacial score (nSPS) is 15.8. The largest absolute Gasteiger partial charge is 0.549 e. The molecule has 6 nitrogen and oxygen atoms in total. The molecule has 1 aliphatic rings. The van der Waals surface area contributed by atoms with Crippen LogP contribution < -0.4 is 9.84 Å². The molecule has 0 saturated carbocycles. The van der Waals surface area contributed by atoms with Crippen molar-refractivity contribution in [2.75, 3.05) is 19.6 Å². The summed E-state index contributed by atoms with van der Waals surface area (Å²) in [5.74, 6) is -1.01. The first kappa shape index (κ1) is 18.5. The van der Waals surface area contributed by atoms with Gasteiger partial charge < -0.3 is 14.6 Å². The fourth-order valence-corrected chi connectivity index (χ4v) is 3.22. The third-order valence-electron chi connectivity index (χ3n) is 4.40. The van der Waals surface area contributed by atoms with Crippen LogP contribution >= 0.6 is 11.6 Å². The van der Waals surface area contributed by atoms with Crippen molar-refractivity contribution in [3.63, 3.8) is 0 Å². The number of halogens is 2. The van der Waals surface area contributed by atoms with Gasteiger partial charge in [0.05, 0.1) is 5.97 Å². The molecule has 3 rings (SSSR count). The highest BCUT2D eigenvalue weighted by Gasteiger charge is 2.25. The first-order chi connectivity index (χ1) is 12.5. The molecule has 26 heavy (non-hydrogen) atoms. The average Bonchev–Trinajstić information content (AvgIpc) is 2.61. The standard InChI is InChI=1S/C18H19ClFN3O3/c19-14-2-1-13(15(20)9-14)11-26-18-17(21-5-6-22-18)12-3-7-23(8-4-12)10-16(24)25/h1-2,5-6,9,12H,3-4,7-8,10-11H2,(H,24,25)/p-1. The Hall–Kier alpha value is -2.25. The number of rotatable bonds is 6. The van der Waals surface area contributed by atoms with Gasteiger partial charge in [-0.1, -0.05) is 17.7 Å². The molecule has 138 valence electrons. The molecule has 0 unspecified atom stereocenters. The minimum atomic E-state index is -1.07. The number of carboxylic acid groups (broad SMARTS) is 1. The Morgan fingerprint density at radius 2 is 2.04 bits per heavy atom. The van der Waals surface area contributed by atoms with E-state index in [1.165, 1.54) is 12.3 Å². The van der Waals surface area contributed by atoms with Crippen LogP contribution in [-0.2, 0) is 11.4 Å². The van der Waals surface area contributed by atoms with E-state index in [0.29, 0.717) is 29.6 Å². The molecule has 8 heteroatoms. The summed E-state index contributed by atoms with van der Waals surface area (Å²) in [5.41, 5.74) is 1.10. The van der Waals surface area contributed by atoms with Crippen LogP contribution in [0.1, 0.15) is 30.0 Å². The van der Waals surface area contributed by atoms with Gasteiger partial charge in [0, 0.05) is 35.4 Å². The number of nitrogens with zero attached hydrogens (tertiary/aromatic N) is 3. The van der Waals surface area contributed by atoms with Crippen molar-refractivity contribution in [3.8, 4) is 5.88 Å². The van der Waals surface area contributed by atoms with Crippen LogP contribution in [-0.4, -0.2) is 40.5 Å². The number of carbonyl (C=O) groups excluding carboxylic acids is 1. The lowest BCUT2D eigenvalue weighted by Gasteiger charge is -2.32. The predicted octanol–water partition coefficient (Wildman–Crippen LogP) is 1.78. The van der Waals surface area contributed by atoms with E-state index in [0.717, 1.165) is 18.5 Å². The van der Waals surface area contributed by atoms with Crippen LogP contribution in [0.2, 0.25) is 5.02 Å². The molecule has 1 fully saturated rings. The Bertz CT molecular complexity index is 782. The van der Waals surface area contributed by atoms with Gasteiger partial charge in [-0.3, -0.25) is 9.88 Å². The van der Waals surface area contributed by atoms with Crippen molar-refractivity contribution in [2.24, 2.45) is 0 Å². The maximum absolute atomic E-state index is 13.9. The van der Waals surface area contributed by atoms with Gasteiger partial charge in [-0.15, -0.1) is 0 Å². The number of aromatic nitrogens is 2. The Kier molecular flexibility index (Phi) is 6.00. The maximum atomic E-state index is 13.9. The fourth-order valence-electron chi connectivity index (χ4n) is 3.06. The zero-order chi connectivity index (χ0) is 18.5. The van der Waals surface area contributed by atoms with Crippen LogP contribution in [0.3, 0.4) is 0 Å². The number of piperidine rings is 1. The minimum absolute atomic E-state index is 0.0260. The summed E-state index contributed by atoms with van der Waals surface area (Å²) >= 11 is 5.76. The second-order valence-electron chi connectivity index (χ2n) is 6.19. The molecule has 0 atom stereocenters. The molecule has 2 heterocycles. The highest BCUT2D eigenvalue weighted by atomic mass is 35.5. The number of likely N-dealkylation sites (tertiary alicyclic amines) is 1. The molecule has 2 aromatic rings. The van der Waals surface area contributed by atoms with Crippen LogP contribution in [0.25, 0.3) is 0 Å². The third-order valence-corrected chi connectivity index (χ3v) is 4.63. The van der Waals surface area contributed by atoms with Crippen molar-refractivity contribution in [1.82, 2.24) is 14.9 Å². The molecule has 0 spiro atoms. The smallest absolute Gasteiger partial charge is 0.236 e. The predicted molar refractivity (Wildman–Crippen MR) is 91.2 cm³/mol. The minimum Gasteiger partial charge on any atom is -0.549 e. The number of hydrogen-bond acceptors (Lipinski definition) is 6. The van der Waals surface area contributed by atoms with E-state index >= 15 is 0 Å². The number of aliphatic carboxylic acids is 1. The number of benzene rings is 1. The van der Waals surface area contributed by atoms with Crippen LogP contribution in [0.5, 0.6) is 5.88 Å². The highest BCUT2D eigenvalue weighted by molar-refractivity contribution is 6.30. The first-order valence-electron chi connectivity index (χ1n) is 8.32. The van der Waals surface area contributed by atoms with E-state index in [-0.39, 0.29) is 19.1 Å². The summed E-state index contributed by atoms with van der Waals surface area (Å²) < 4.78 is 19.6. The second kappa shape index (κ2) is 8.42. The van der Waals surface area contributed by atoms with Crippen molar-refractivity contribution in [3.05, 3.63) is 52.7 Å². The Balaban J connectivity index is 1.66. The molecule has 1 aliphatic heterocycles. The first-order valence-corrected chi connectivity index (χ1v) is 8.70. The van der Waals surface area contributed by atoms with Gasteiger partial charge in [-0.25, -0.2) is 9.37 Å². The van der Waals surface area contributed by atoms with E-state index in [2.05, 4.69) is 9.97 Å². The summed E-state index contributed by atoms with van der Waals surface area (Å²) in [6.07, 6.45) is 4.62. The Labute approximate surface area is 155 Å². The number of ether oxygens (including phenoxy) is 1. The quantitative estimate of drug-likeness (QED) is 0.762. The summed E-state index contributed by atoms with van der Waals surface area (Å²) in [6, 6.07) is 4.42. The summed E-state index contributed by atoms with van der Waals surface area (Å²) in [7, 11) is 0. The summed E-state index contributed by atoms with van der Waals surface area (Å²) in [5, 5.41) is 11.0. The molecule has 0 radical (unpaired) electrons. The molecule has 0 N–H and O–H groups in total. The van der Waals surface area contributed by atoms with Crippen molar-refractivity contribution in [2.45, 2.75) is 25.4 Å². The van der Waals surface area contributed by atoms with Gasteiger partial charge in [0.1, 0.15) is 18.1 Å². The van der Waals surface area contributed by atoms with Crippen molar-refractivity contribution >= 4 is 17.6 Å². The average molecular weight is 379 g/mol. The monoisotopic (exact) mass is 378 g/mol. The van der Waals surface area contributed by atoms with Crippen molar-refractivity contribution in [1.29, 1.82) is 0 Å². The lowest BCUT2D eigenvalue weighted by atomic mass is 9.93. The van der Waals surface area contributed by atoms with E-state index in [1.54, 1.807) is 18.3 Å². The fraction of sp³-hybridized carbons (Fsp3) is 0.389. The van der Waals surface area contributed by atoms with Crippen LogP contribution in [0.15, 0.2) is 30.6 Å². The zero-order valence-corrected chi connectivity index (χ0v) is 14.8. The Morgan fingerprint density at radius 1 is 1.31 bits per heavy atom. The molecule has 0 amide bonds. The zero-order valence-electron chi connectivity index (χ0n) is 14.0. The molecule has 0 aliphatic carbocycles. The van der Waals surface area contributed by atoms with Crippen LogP contribution in [0, 0.1) is 5.82 Å². The van der Waals surface area contributed by atoms with Gasteiger partial charge >= 0.3 is 0 Å². The molecule has 1 aromatic carbocycles. The highest BCUT2D eigenvalue weighted by Crippen LogP contribution is 2.31. The van der Waals surface area contributed by atoms with E-state index in [1.807, 2.05) is 4.90 Å². The SMILES string of the molecule is O=C([O-])CN1CCC(c2nccnc2OCc2ccc(Cl)cc2F)CC1. The van der Waals surface area contributed by atoms with Crippen LogP contribution in [0.4, 0.5) is 4.39 Å². The lowest BCUT2D eigenvalue weighted by Crippen LogP contribution is -2.42. The van der Waals surface area contributed by atoms with Gasteiger partial charge in [0.25, 0.3) is 0 Å².